The Morgan fingerprint density at radius 1 is 1.04 bits per heavy atom. The zero-order valence-corrected chi connectivity index (χ0v) is 16.6. The minimum absolute atomic E-state index is 0. The molecular formula is C18H31ClKO5P. The SMILES string of the molecule is CCCCCCCCCc1ccccc1OP(=O)(OO)OCCCCl.[KH]. The summed E-state index contributed by atoms with van der Waals surface area (Å²) in [5.74, 6) is 0.775. The van der Waals surface area contributed by atoms with Gasteiger partial charge in [-0.3, -0.25) is 4.52 Å². The van der Waals surface area contributed by atoms with E-state index in [-0.39, 0.29) is 58.0 Å². The number of rotatable bonds is 15. The van der Waals surface area contributed by atoms with E-state index < -0.39 is 7.82 Å². The second kappa shape index (κ2) is 17.0. The Morgan fingerprint density at radius 2 is 1.69 bits per heavy atom. The predicted molar refractivity (Wildman–Crippen MR) is 109 cm³/mol. The van der Waals surface area contributed by atoms with Gasteiger partial charge in [-0.15, -0.1) is 16.3 Å². The third kappa shape index (κ3) is 11.8. The van der Waals surface area contributed by atoms with E-state index in [9.17, 15) is 4.57 Å². The van der Waals surface area contributed by atoms with E-state index in [0.717, 1.165) is 24.8 Å². The van der Waals surface area contributed by atoms with Gasteiger partial charge < -0.3 is 4.52 Å². The Balaban J connectivity index is 0.00000625. The summed E-state index contributed by atoms with van der Waals surface area (Å²) in [4.78, 5) is 0. The number of alkyl halides is 1. The molecule has 0 fully saturated rings. The van der Waals surface area contributed by atoms with Gasteiger partial charge in [0.2, 0.25) is 0 Å². The van der Waals surface area contributed by atoms with Crippen LogP contribution in [0.4, 0.5) is 0 Å². The number of unbranched alkanes of at least 4 members (excludes halogenated alkanes) is 6. The Hall–Kier alpha value is 1.06. The summed E-state index contributed by atoms with van der Waals surface area (Å²) >= 11 is 5.56. The molecule has 0 radical (unpaired) electrons. The minimum atomic E-state index is -4.04. The summed E-state index contributed by atoms with van der Waals surface area (Å²) < 4.78 is 26.7. The average Bonchev–Trinajstić information content (AvgIpc) is 2.62. The third-order valence-corrected chi connectivity index (χ3v) is 5.25. The van der Waals surface area contributed by atoms with Crippen molar-refractivity contribution in [3.8, 4) is 5.75 Å². The van der Waals surface area contributed by atoms with Gasteiger partial charge in [0.1, 0.15) is 5.75 Å². The van der Waals surface area contributed by atoms with Gasteiger partial charge in [0.15, 0.2) is 0 Å². The van der Waals surface area contributed by atoms with Gasteiger partial charge in [0.05, 0.1) is 6.61 Å². The molecule has 146 valence electrons. The summed E-state index contributed by atoms with van der Waals surface area (Å²) in [6.07, 6.45) is 9.84. The number of para-hydroxylation sites is 1. The molecule has 0 heterocycles. The van der Waals surface area contributed by atoms with Crippen molar-refractivity contribution >= 4 is 70.8 Å². The molecule has 0 amide bonds. The zero-order chi connectivity index (χ0) is 18.4. The summed E-state index contributed by atoms with van der Waals surface area (Å²) in [5, 5.41) is 8.91. The van der Waals surface area contributed by atoms with Crippen molar-refractivity contribution in [3.05, 3.63) is 29.8 Å². The Labute approximate surface area is 205 Å². The van der Waals surface area contributed by atoms with Crippen LogP contribution in [0.15, 0.2) is 24.3 Å². The van der Waals surface area contributed by atoms with E-state index >= 15 is 0 Å². The molecular weight excluding hydrogens is 402 g/mol. The Bertz CT molecular complexity index is 518. The quantitative estimate of drug-likeness (QED) is 0.0925. The molecule has 1 rings (SSSR count). The first-order chi connectivity index (χ1) is 12.1. The molecule has 0 saturated carbocycles. The fourth-order valence-electron chi connectivity index (χ4n) is 2.49. The summed E-state index contributed by atoms with van der Waals surface area (Å²) in [7, 11) is -4.04. The number of halogens is 1. The van der Waals surface area contributed by atoms with Crippen LogP contribution in [-0.4, -0.2) is 69.1 Å². The van der Waals surface area contributed by atoms with Crippen LogP contribution in [0, 0.1) is 0 Å². The van der Waals surface area contributed by atoms with Crippen LogP contribution < -0.4 is 4.52 Å². The first-order valence-corrected chi connectivity index (χ1v) is 11.1. The molecule has 0 aromatic heterocycles. The van der Waals surface area contributed by atoms with Gasteiger partial charge in [0.25, 0.3) is 0 Å². The molecule has 26 heavy (non-hydrogen) atoms. The number of aryl methyl sites for hydroxylation is 1. The zero-order valence-electron chi connectivity index (χ0n) is 15.0. The second-order valence-corrected chi connectivity index (χ2v) is 7.85. The van der Waals surface area contributed by atoms with Crippen molar-refractivity contribution in [2.75, 3.05) is 12.5 Å². The normalized spacial score (nSPS) is 13.0. The molecule has 8 heteroatoms. The molecule has 1 aromatic carbocycles. The van der Waals surface area contributed by atoms with E-state index in [1.807, 2.05) is 12.1 Å². The molecule has 1 aromatic rings. The third-order valence-electron chi connectivity index (χ3n) is 3.86. The van der Waals surface area contributed by atoms with Crippen molar-refractivity contribution in [1.82, 2.24) is 0 Å². The van der Waals surface area contributed by atoms with Crippen LogP contribution >= 0.6 is 19.4 Å². The number of phosphoric ester groups is 1. The molecule has 1 unspecified atom stereocenters. The van der Waals surface area contributed by atoms with Crippen LogP contribution in [0.2, 0.25) is 0 Å². The second-order valence-electron chi connectivity index (χ2n) is 5.97. The number of hydrogen-bond acceptors (Lipinski definition) is 5. The van der Waals surface area contributed by atoms with E-state index in [2.05, 4.69) is 11.6 Å². The predicted octanol–water partition coefficient (Wildman–Crippen LogP) is 5.95. The standard InChI is InChI=1S/C18H30ClO5P.K.H/c1-2-3-4-5-6-7-8-12-17-13-9-10-14-18(17)23-25(21,24-20)22-16-11-15-19;;/h9-10,13-14,20H,2-8,11-12,15-16H2,1H3;;. The van der Waals surface area contributed by atoms with E-state index in [1.165, 1.54) is 32.1 Å². The van der Waals surface area contributed by atoms with Crippen molar-refractivity contribution in [1.29, 1.82) is 0 Å². The topological polar surface area (TPSA) is 65.0 Å². The van der Waals surface area contributed by atoms with Crippen molar-refractivity contribution in [2.45, 2.75) is 64.7 Å². The van der Waals surface area contributed by atoms with Gasteiger partial charge in [-0.1, -0.05) is 63.6 Å². The van der Waals surface area contributed by atoms with Crippen LogP contribution in [0.1, 0.15) is 63.9 Å². The van der Waals surface area contributed by atoms with Crippen LogP contribution in [-0.2, 0) is 20.2 Å². The van der Waals surface area contributed by atoms with Gasteiger partial charge in [-0.25, -0.2) is 9.82 Å². The molecule has 0 aliphatic rings. The van der Waals surface area contributed by atoms with Gasteiger partial charge in [-0.05, 0) is 30.9 Å². The number of hydrogen-bond donors (Lipinski definition) is 1. The molecule has 0 bridgehead atoms. The van der Waals surface area contributed by atoms with E-state index in [4.69, 9.17) is 25.9 Å². The fraction of sp³-hybridized carbons (Fsp3) is 0.667. The van der Waals surface area contributed by atoms with E-state index in [1.54, 1.807) is 12.1 Å². The first kappa shape index (κ1) is 27.1. The molecule has 0 spiro atoms. The molecule has 1 N–H and O–H groups in total. The molecule has 0 aliphatic carbocycles. The van der Waals surface area contributed by atoms with Gasteiger partial charge in [-0.2, -0.15) is 0 Å². The van der Waals surface area contributed by atoms with Gasteiger partial charge >= 0.3 is 59.2 Å². The maximum absolute atomic E-state index is 12.3. The van der Waals surface area contributed by atoms with Crippen molar-refractivity contribution in [3.63, 3.8) is 0 Å². The summed E-state index contributed by atoms with van der Waals surface area (Å²) in [5.41, 5.74) is 0.925. The molecule has 5 nitrogen and oxygen atoms in total. The van der Waals surface area contributed by atoms with Crippen LogP contribution in [0.3, 0.4) is 0 Å². The van der Waals surface area contributed by atoms with Crippen molar-refractivity contribution < 1.29 is 23.5 Å². The fourth-order valence-corrected chi connectivity index (χ4v) is 3.50. The Morgan fingerprint density at radius 3 is 2.35 bits per heavy atom. The summed E-state index contributed by atoms with van der Waals surface area (Å²) in [6.45, 7) is 2.30. The van der Waals surface area contributed by atoms with Gasteiger partial charge in [0, 0.05) is 5.88 Å². The molecule has 0 aliphatic heterocycles. The maximum atomic E-state index is 12.3. The Kier molecular flexibility index (Phi) is 17.7. The molecule has 0 saturated heterocycles. The number of phosphoric acid groups is 1. The number of benzene rings is 1. The van der Waals surface area contributed by atoms with Crippen molar-refractivity contribution in [2.24, 2.45) is 0 Å². The average molecular weight is 433 g/mol. The monoisotopic (exact) mass is 432 g/mol. The van der Waals surface area contributed by atoms with Crippen LogP contribution in [0.25, 0.3) is 0 Å². The van der Waals surface area contributed by atoms with E-state index in [0.29, 0.717) is 18.1 Å². The van der Waals surface area contributed by atoms with Crippen LogP contribution in [0.5, 0.6) is 5.75 Å². The molecule has 1 atom stereocenters. The first-order valence-electron chi connectivity index (χ1n) is 9.06. The summed E-state index contributed by atoms with van der Waals surface area (Å²) in [6, 6.07) is 7.31.